The molecule has 168 valence electrons. The Balaban J connectivity index is 1.76. The Morgan fingerprint density at radius 2 is 1.85 bits per heavy atom. The Morgan fingerprint density at radius 3 is 2.58 bits per heavy atom. The number of nitrogens with zero attached hydrogens (tertiary/aromatic N) is 4. The molecule has 9 heteroatoms. The topological polar surface area (TPSA) is 93.1 Å². The summed E-state index contributed by atoms with van der Waals surface area (Å²) in [7, 11) is 0. The lowest BCUT2D eigenvalue weighted by Crippen LogP contribution is -2.37. The maximum atomic E-state index is 13.6. The molecule has 0 amide bonds. The second-order valence-electron chi connectivity index (χ2n) is 7.71. The molecule has 0 bridgehead atoms. The molecule has 1 aliphatic heterocycles. The van der Waals surface area contributed by atoms with Crippen LogP contribution in [0.5, 0.6) is 5.88 Å². The lowest BCUT2D eigenvalue weighted by Gasteiger charge is -2.31. The average Bonchev–Trinajstić information content (AvgIpc) is 3.25. The minimum atomic E-state index is -0.352. The van der Waals surface area contributed by atoms with Crippen molar-refractivity contribution in [2.24, 2.45) is 4.99 Å². The average molecular weight is 465 g/mol. The van der Waals surface area contributed by atoms with Gasteiger partial charge in [0.2, 0.25) is 5.88 Å². The molecule has 1 saturated heterocycles. The molecule has 4 aromatic rings. The lowest BCUT2D eigenvalue weighted by atomic mass is 10.1. The maximum Gasteiger partial charge on any atom is 0.265 e. The third-order valence-corrected chi connectivity index (χ3v) is 5.81. The first-order valence-electron chi connectivity index (χ1n) is 10.5. The van der Waals surface area contributed by atoms with Gasteiger partial charge in [0.1, 0.15) is 5.76 Å². The number of benzene rings is 2. The largest absolute Gasteiger partial charge is 0.494 e. The molecule has 8 nitrogen and oxygen atoms in total. The monoisotopic (exact) mass is 464 g/mol. The SMILES string of the molecule is Cc1cc(N=Cc2c(O)n(-c3cc(Cl)ccc3N3CCOCC3)c(=O)c3ccccc23)no1. The van der Waals surface area contributed by atoms with Gasteiger partial charge in [-0.1, -0.05) is 35.0 Å². The van der Waals surface area contributed by atoms with Crippen molar-refractivity contribution < 1.29 is 14.4 Å². The van der Waals surface area contributed by atoms with E-state index in [0.717, 1.165) is 5.69 Å². The number of fused-ring (bicyclic) bond motifs is 1. The van der Waals surface area contributed by atoms with E-state index in [-0.39, 0.29) is 11.4 Å². The Hall–Kier alpha value is -3.62. The van der Waals surface area contributed by atoms with Gasteiger partial charge in [0.15, 0.2) is 5.82 Å². The van der Waals surface area contributed by atoms with Gasteiger partial charge >= 0.3 is 0 Å². The Morgan fingerprint density at radius 1 is 1.09 bits per heavy atom. The van der Waals surface area contributed by atoms with Gasteiger partial charge in [0.25, 0.3) is 5.56 Å². The quantitative estimate of drug-likeness (QED) is 0.454. The second-order valence-corrected chi connectivity index (χ2v) is 8.15. The normalized spacial score (nSPS) is 14.4. The van der Waals surface area contributed by atoms with Gasteiger partial charge in [-0.2, -0.15) is 0 Å². The molecule has 0 spiro atoms. The fourth-order valence-electron chi connectivity index (χ4n) is 4.00. The zero-order valence-corrected chi connectivity index (χ0v) is 18.6. The molecular formula is C24H21ClN4O4. The van der Waals surface area contributed by atoms with Crippen molar-refractivity contribution in [2.45, 2.75) is 6.92 Å². The number of morpholine rings is 1. The predicted molar refractivity (Wildman–Crippen MR) is 128 cm³/mol. The van der Waals surface area contributed by atoms with Gasteiger partial charge in [-0.25, -0.2) is 9.56 Å². The fraction of sp³-hybridized carbons (Fsp3) is 0.208. The molecular weight excluding hydrogens is 444 g/mol. The van der Waals surface area contributed by atoms with Crippen molar-refractivity contribution in [2.75, 3.05) is 31.2 Å². The van der Waals surface area contributed by atoms with Crippen LogP contribution in [0.15, 0.2) is 62.8 Å². The van der Waals surface area contributed by atoms with E-state index >= 15 is 0 Å². The number of aliphatic imine (C=N–C) groups is 1. The van der Waals surface area contributed by atoms with E-state index < -0.39 is 0 Å². The summed E-state index contributed by atoms with van der Waals surface area (Å²) in [4.78, 5) is 20.0. The van der Waals surface area contributed by atoms with Crippen molar-refractivity contribution >= 4 is 40.1 Å². The highest BCUT2D eigenvalue weighted by atomic mass is 35.5. The van der Waals surface area contributed by atoms with E-state index in [0.29, 0.717) is 64.9 Å². The van der Waals surface area contributed by atoms with E-state index in [1.54, 1.807) is 43.3 Å². The van der Waals surface area contributed by atoms with Gasteiger partial charge in [-0.3, -0.25) is 4.79 Å². The molecule has 33 heavy (non-hydrogen) atoms. The molecule has 0 saturated carbocycles. The molecule has 1 aliphatic rings. The number of pyridine rings is 1. The molecule has 0 aliphatic carbocycles. The summed E-state index contributed by atoms with van der Waals surface area (Å²) in [6.07, 6.45) is 1.49. The van der Waals surface area contributed by atoms with Gasteiger partial charge in [-0.05, 0) is 31.2 Å². The standard InChI is InChI=1S/C24H21ClN4O4/c1-15-12-22(27-33-15)26-14-19-17-4-2-3-5-18(17)23(30)29(24(19)31)21-13-16(25)6-7-20(21)28-8-10-32-11-9-28/h2-7,12-14,31H,8-11H2,1H3. The molecule has 0 unspecified atom stereocenters. The summed E-state index contributed by atoms with van der Waals surface area (Å²) in [6.45, 7) is 4.26. The summed E-state index contributed by atoms with van der Waals surface area (Å²) in [6, 6.07) is 14.1. The molecule has 2 aromatic heterocycles. The highest BCUT2D eigenvalue weighted by molar-refractivity contribution is 6.30. The van der Waals surface area contributed by atoms with Crippen LogP contribution in [0.3, 0.4) is 0 Å². The van der Waals surface area contributed by atoms with E-state index in [4.69, 9.17) is 20.9 Å². The zero-order valence-electron chi connectivity index (χ0n) is 17.9. The third kappa shape index (κ3) is 3.99. The van der Waals surface area contributed by atoms with Gasteiger partial charge in [0.05, 0.1) is 30.2 Å². The Labute approximate surface area is 194 Å². The molecule has 5 rings (SSSR count). The van der Waals surface area contributed by atoms with Crippen molar-refractivity contribution in [3.8, 4) is 11.6 Å². The van der Waals surface area contributed by atoms with Crippen LogP contribution < -0.4 is 10.5 Å². The van der Waals surface area contributed by atoms with Crippen molar-refractivity contribution in [1.29, 1.82) is 0 Å². The van der Waals surface area contributed by atoms with Crippen molar-refractivity contribution in [3.63, 3.8) is 0 Å². The van der Waals surface area contributed by atoms with E-state index in [9.17, 15) is 9.90 Å². The van der Waals surface area contributed by atoms with E-state index in [2.05, 4.69) is 15.0 Å². The fourth-order valence-corrected chi connectivity index (χ4v) is 4.17. The molecule has 0 radical (unpaired) electrons. The van der Waals surface area contributed by atoms with Crippen LogP contribution in [0.25, 0.3) is 16.5 Å². The number of rotatable bonds is 4. The molecule has 0 atom stereocenters. The van der Waals surface area contributed by atoms with Crippen LogP contribution in [0.4, 0.5) is 11.5 Å². The summed E-state index contributed by atoms with van der Waals surface area (Å²) in [5, 5.41) is 16.7. The highest BCUT2D eigenvalue weighted by Gasteiger charge is 2.22. The smallest absolute Gasteiger partial charge is 0.265 e. The molecule has 1 N–H and O–H groups in total. The number of anilines is 1. The third-order valence-electron chi connectivity index (χ3n) is 5.58. The summed E-state index contributed by atoms with van der Waals surface area (Å²) >= 11 is 6.33. The van der Waals surface area contributed by atoms with Gasteiger partial charge in [-0.15, -0.1) is 0 Å². The first-order valence-corrected chi connectivity index (χ1v) is 10.9. The van der Waals surface area contributed by atoms with Crippen LogP contribution in [0.2, 0.25) is 5.02 Å². The van der Waals surface area contributed by atoms with Crippen LogP contribution in [0, 0.1) is 6.92 Å². The van der Waals surface area contributed by atoms with Gasteiger partial charge in [0, 0.05) is 41.2 Å². The lowest BCUT2D eigenvalue weighted by molar-refractivity contribution is 0.122. The summed E-state index contributed by atoms with van der Waals surface area (Å²) < 4.78 is 11.8. The van der Waals surface area contributed by atoms with Crippen LogP contribution in [-0.2, 0) is 4.74 Å². The number of aromatic nitrogens is 2. The van der Waals surface area contributed by atoms with Crippen LogP contribution >= 0.6 is 11.6 Å². The number of ether oxygens (including phenoxy) is 1. The number of aromatic hydroxyl groups is 1. The first kappa shape index (κ1) is 21.2. The Kier molecular flexibility index (Phi) is 5.62. The minimum absolute atomic E-state index is 0.237. The molecule has 2 aromatic carbocycles. The van der Waals surface area contributed by atoms with Crippen molar-refractivity contribution in [1.82, 2.24) is 9.72 Å². The second kappa shape index (κ2) is 8.73. The van der Waals surface area contributed by atoms with E-state index in [1.807, 2.05) is 12.1 Å². The van der Waals surface area contributed by atoms with Gasteiger partial charge < -0.3 is 19.3 Å². The number of halogens is 1. The van der Waals surface area contributed by atoms with Crippen LogP contribution in [-0.4, -0.2) is 47.3 Å². The minimum Gasteiger partial charge on any atom is -0.494 e. The predicted octanol–water partition coefficient (Wildman–Crippen LogP) is 4.23. The maximum absolute atomic E-state index is 13.6. The number of hydrogen-bond acceptors (Lipinski definition) is 7. The highest BCUT2D eigenvalue weighted by Crippen LogP contribution is 2.33. The van der Waals surface area contributed by atoms with Crippen molar-refractivity contribution in [3.05, 3.63) is 75.2 Å². The summed E-state index contributed by atoms with van der Waals surface area (Å²) in [5.74, 6) is 0.750. The summed E-state index contributed by atoms with van der Waals surface area (Å²) in [5.41, 5.74) is 1.31. The van der Waals surface area contributed by atoms with Crippen LogP contribution in [0.1, 0.15) is 11.3 Å². The Bertz CT molecular complexity index is 1420. The molecule has 1 fully saturated rings. The molecule has 3 heterocycles. The number of hydrogen-bond donors (Lipinski definition) is 1. The first-order chi connectivity index (χ1) is 16.0. The zero-order chi connectivity index (χ0) is 22.9. The van der Waals surface area contributed by atoms with E-state index in [1.165, 1.54) is 10.8 Å². The number of aryl methyl sites for hydroxylation is 1.